The number of aromatic nitrogens is 1. The average Bonchev–Trinajstić information content (AvgIpc) is 3.11. The van der Waals surface area contributed by atoms with Gasteiger partial charge in [0.2, 0.25) is 5.13 Å². The van der Waals surface area contributed by atoms with Crippen LogP contribution in [0.1, 0.15) is 11.1 Å². The van der Waals surface area contributed by atoms with Crippen molar-refractivity contribution in [1.82, 2.24) is 4.98 Å². The molecule has 0 radical (unpaired) electrons. The number of para-hydroxylation sites is 1. The first-order valence-electron chi connectivity index (χ1n) is 9.18. The number of aryl methyl sites for hydroxylation is 2. The first-order valence-corrected chi connectivity index (χ1v) is 9.99. The molecule has 0 saturated heterocycles. The van der Waals surface area contributed by atoms with Crippen LogP contribution in [0.2, 0.25) is 0 Å². The minimum absolute atomic E-state index is 0.755. The Balaban J connectivity index is 1.77. The Kier molecular flexibility index (Phi) is 4.06. The van der Waals surface area contributed by atoms with Crippen molar-refractivity contribution in [3.8, 4) is 11.3 Å². The Morgan fingerprint density at radius 2 is 1.64 bits per heavy atom. The topological polar surface area (TPSA) is 38.4 Å². The molecule has 0 aliphatic carbocycles. The number of fused-ring (bicyclic) bond motifs is 2. The van der Waals surface area contributed by atoms with Crippen molar-refractivity contribution in [2.24, 2.45) is 4.99 Å². The molecule has 0 atom stereocenters. The zero-order valence-corrected chi connectivity index (χ0v) is 16.5. The second kappa shape index (κ2) is 6.73. The van der Waals surface area contributed by atoms with Crippen LogP contribution in [0.25, 0.3) is 32.5 Å². The summed E-state index contributed by atoms with van der Waals surface area (Å²) in [6.07, 6.45) is 0. The van der Waals surface area contributed by atoms with Crippen LogP contribution in [-0.2, 0) is 0 Å². The maximum absolute atomic E-state index is 6.20. The van der Waals surface area contributed by atoms with Gasteiger partial charge in [0, 0.05) is 17.0 Å². The minimum atomic E-state index is 0.755. The number of nitrogens with zero attached hydrogens (tertiary/aromatic N) is 2. The normalized spacial score (nSPS) is 12.1. The van der Waals surface area contributed by atoms with Gasteiger partial charge >= 0.3 is 0 Å². The molecule has 0 aliphatic heterocycles. The fourth-order valence-electron chi connectivity index (χ4n) is 3.25. The molecule has 28 heavy (non-hydrogen) atoms. The average molecular weight is 382 g/mol. The van der Waals surface area contributed by atoms with Gasteiger partial charge in [-0.05, 0) is 38.1 Å². The third-order valence-corrected chi connectivity index (χ3v) is 5.66. The van der Waals surface area contributed by atoms with Crippen LogP contribution in [0.5, 0.6) is 0 Å². The van der Waals surface area contributed by atoms with E-state index in [1.807, 2.05) is 30.3 Å². The molecule has 0 amide bonds. The Hall–Kier alpha value is -3.24. The van der Waals surface area contributed by atoms with Crippen molar-refractivity contribution < 1.29 is 4.42 Å². The van der Waals surface area contributed by atoms with Crippen LogP contribution >= 0.6 is 11.3 Å². The van der Waals surface area contributed by atoms with E-state index in [1.54, 1.807) is 11.3 Å². The third kappa shape index (κ3) is 3.12. The van der Waals surface area contributed by atoms with E-state index in [1.165, 1.54) is 11.1 Å². The molecule has 0 aliphatic rings. The predicted molar refractivity (Wildman–Crippen MR) is 116 cm³/mol. The molecule has 0 N–H and O–H groups in total. The third-order valence-electron chi connectivity index (χ3n) is 4.73. The lowest BCUT2D eigenvalue weighted by Gasteiger charge is -2.06. The highest BCUT2D eigenvalue weighted by Gasteiger charge is 2.08. The predicted octanol–water partition coefficient (Wildman–Crippen LogP) is 6.56. The van der Waals surface area contributed by atoms with Gasteiger partial charge in [-0.3, -0.25) is 0 Å². The van der Waals surface area contributed by atoms with Gasteiger partial charge in [0.15, 0.2) is 0 Å². The van der Waals surface area contributed by atoms with E-state index in [4.69, 9.17) is 9.41 Å². The van der Waals surface area contributed by atoms with Crippen molar-refractivity contribution in [3.63, 3.8) is 0 Å². The first kappa shape index (κ1) is 16.9. The maximum atomic E-state index is 6.20. The van der Waals surface area contributed by atoms with Gasteiger partial charge in [-0.25, -0.2) is 9.98 Å². The molecule has 3 nitrogen and oxygen atoms in total. The van der Waals surface area contributed by atoms with E-state index in [0.29, 0.717) is 0 Å². The van der Waals surface area contributed by atoms with Crippen molar-refractivity contribution in [2.75, 3.05) is 0 Å². The van der Waals surface area contributed by atoms with Crippen molar-refractivity contribution >= 4 is 37.7 Å². The van der Waals surface area contributed by atoms with Gasteiger partial charge in [-0.1, -0.05) is 64.9 Å². The monoisotopic (exact) mass is 382 g/mol. The summed E-state index contributed by atoms with van der Waals surface area (Å²) in [5.74, 6) is 0.802. The molecule has 2 aromatic heterocycles. The number of rotatable bonds is 2. The lowest BCUT2D eigenvalue weighted by atomic mass is 10.1. The molecule has 5 rings (SSSR count). The van der Waals surface area contributed by atoms with Crippen molar-refractivity contribution in [1.29, 1.82) is 0 Å². The molecule has 0 spiro atoms. The van der Waals surface area contributed by atoms with Crippen LogP contribution < -0.4 is 5.36 Å². The second-order valence-electron chi connectivity index (χ2n) is 6.94. The van der Waals surface area contributed by atoms with Gasteiger partial charge < -0.3 is 4.42 Å². The fraction of sp³-hybridized carbons (Fsp3) is 0.0833. The molecule has 136 valence electrons. The standard InChI is InChI=1S/C24H18N2OS/c1-15-7-10-17(11-8-15)22-14-20(18-13-16(2)9-12-21(18)27-22)26-24-25-19-5-3-4-6-23(19)28-24/h3-14H,1-2H3. The van der Waals surface area contributed by atoms with Gasteiger partial charge in [-0.15, -0.1) is 0 Å². The quantitative estimate of drug-likeness (QED) is 0.347. The minimum Gasteiger partial charge on any atom is -0.456 e. The maximum Gasteiger partial charge on any atom is 0.210 e. The van der Waals surface area contributed by atoms with Crippen molar-refractivity contribution in [3.05, 3.63) is 89.3 Å². The highest BCUT2D eigenvalue weighted by atomic mass is 32.1. The van der Waals surface area contributed by atoms with E-state index < -0.39 is 0 Å². The Morgan fingerprint density at radius 1 is 0.857 bits per heavy atom. The highest BCUT2D eigenvalue weighted by molar-refractivity contribution is 7.21. The summed E-state index contributed by atoms with van der Waals surface area (Å²) in [7, 11) is 0. The molecule has 5 aromatic rings. The number of hydrogen-bond acceptors (Lipinski definition) is 4. The fourth-order valence-corrected chi connectivity index (χ4v) is 4.10. The summed E-state index contributed by atoms with van der Waals surface area (Å²) >= 11 is 1.60. The van der Waals surface area contributed by atoms with E-state index in [-0.39, 0.29) is 0 Å². The van der Waals surface area contributed by atoms with E-state index in [0.717, 1.165) is 43.0 Å². The lowest BCUT2D eigenvalue weighted by Crippen LogP contribution is -2.03. The van der Waals surface area contributed by atoms with Crippen LogP contribution in [0, 0.1) is 13.8 Å². The highest BCUT2D eigenvalue weighted by Crippen LogP contribution is 2.28. The van der Waals surface area contributed by atoms with Gasteiger partial charge in [0.25, 0.3) is 0 Å². The molecule has 0 fully saturated rings. The largest absolute Gasteiger partial charge is 0.456 e. The molecule has 4 heteroatoms. The first-order chi connectivity index (χ1) is 13.7. The zero-order chi connectivity index (χ0) is 19.1. The van der Waals surface area contributed by atoms with E-state index in [2.05, 4.69) is 61.3 Å². The molecule has 0 bridgehead atoms. The molecule has 0 saturated carbocycles. The molecular formula is C24H18N2OS. The van der Waals surface area contributed by atoms with Gasteiger partial charge in [0.05, 0.1) is 15.6 Å². The molecule has 3 aromatic carbocycles. The van der Waals surface area contributed by atoms with Crippen LogP contribution in [0.15, 0.2) is 82.2 Å². The van der Waals surface area contributed by atoms with Gasteiger partial charge in [0.1, 0.15) is 11.3 Å². The summed E-state index contributed by atoms with van der Waals surface area (Å²) in [5, 5.41) is 2.62. The smallest absolute Gasteiger partial charge is 0.210 e. The Morgan fingerprint density at radius 3 is 2.46 bits per heavy atom. The SMILES string of the molecule is Cc1ccc(-c2cc(=Nc3nc4ccccc4s3)c3cc(C)ccc3o2)cc1. The lowest BCUT2D eigenvalue weighted by molar-refractivity contribution is 0.618. The van der Waals surface area contributed by atoms with Crippen LogP contribution in [0.4, 0.5) is 5.13 Å². The van der Waals surface area contributed by atoms with Crippen molar-refractivity contribution in [2.45, 2.75) is 13.8 Å². The van der Waals surface area contributed by atoms with E-state index in [9.17, 15) is 0 Å². The Bertz CT molecular complexity index is 1340. The summed E-state index contributed by atoms with van der Waals surface area (Å²) in [6.45, 7) is 4.16. The summed E-state index contributed by atoms with van der Waals surface area (Å²) in [6, 6.07) is 24.7. The number of benzene rings is 3. The summed E-state index contributed by atoms with van der Waals surface area (Å²) < 4.78 is 7.34. The summed E-state index contributed by atoms with van der Waals surface area (Å²) in [4.78, 5) is 9.57. The molecule has 2 heterocycles. The molecular weight excluding hydrogens is 364 g/mol. The van der Waals surface area contributed by atoms with Gasteiger partial charge in [-0.2, -0.15) is 0 Å². The molecule has 0 unspecified atom stereocenters. The van der Waals surface area contributed by atoms with Crippen LogP contribution in [0.3, 0.4) is 0 Å². The second-order valence-corrected chi connectivity index (χ2v) is 7.95. The number of hydrogen-bond donors (Lipinski definition) is 0. The summed E-state index contributed by atoms with van der Waals surface area (Å²) in [5.41, 5.74) is 5.23. The van der Waals surface area contributed by atoms with Crippen LogP contribution in [-0.4, -0.2) is 4.98 Å². The number of thiazole rings is 1. The Labute approximate surface area is 166 Å². The van der Waals surface area contributed by atoms with E-state index >= 15 is 0 Å². The zero-order valence-electron chi connectivity index (χ0n) is 15.6.